The van der Waals surface area contributed by atoms with Gasteiger partial charge in [-0.25, -0.2) is 0 Å². The topological polar surface area (TPSA) is 20.2 Å². The minimum atomic E-state index is -0.0827. The van der Waals surface area contributed by atoms with Crippen LogP contribution in [0.25, 0.3) is 0 Å². The molecule has 0 spiro atoms. The molecular formula is C30H52O. The van der Waals surface area contributed by atoms with Crippen molar-refractivity contribution in [1.29, 1.82) is 0 Å². The van der Waals surface area contributed by atoms with E-state index in [1.54, 1.807) is 5.57 Å². The third kappa shape index (κ3) is 3.98. The molecule has 0 amide bonds. The lowest BCUT2D eigenvalue weighted by Crippen LogP contribution is -2.51. The number of hydrogen-bond acceptors (Lipinski definition) is 1. The highest BCUT2D eigenvalue weighted by Gasteiger charge is 2.59. The Morgan fingerprint density at radius 2 is 1.74 bits per heavy atom. The van der Waals surface area contributed by atoms with E-state index in [2.05, 4.69) is 54.5 Å². The third-order valence-corrected chi connectivity index (χ3v) is 11.8. The second-order valence-corrected chi connectivity index (χ2v) is 13.4. The summed E-state index contributed by atoms with van der Waals surface area (Å²) in [6.07, 6.45) is 15.6. The van der Waals surface area contributed by atoms with E-state index in [1.807, 2.05) is 0 Å². The molecule has 3 fully saturated rings. The average molecular weight is 429 g/mol. The second kappa shape index (κ2) is 8.81. The van der Waals surface area contributed by atoms with Gasteiger partial charge in [0.1, 0.15) is 0 Å². The fraction of sp³-hybridized carbons (Fsp3) is 0.933. The Hall–Kier alpha value is -0.300. The minimum Gasteiger partial charge on any atom is -0.393 e. The van der Waals surface area contributed by atoms with Crippen molar-refractivity contribution in [3.63, 3.8) is 0 Å². The molecular weight excluding hydrogens is 376 g/mol. The van der Waals surface area contributed by atoms with Gasteiger partial charge in [0.05, 0.1) is 6.10 Å². The molecule has 10 atom stereocenters. The van der Waals surface area contributed by atoms with Crippen molar-refractivity contribution in [2.24, 2.45) is 58.2 Å². The predicted molar refractivity (Wildman–Crippen MR) is 133 cm³/mol. The zero-order valence-electron chi connectivity index (χ0n) is 21.8. The average Bonchev–Trinajstić information content (AvgIpc) is 3.08. The quantitative estimate of drug-likeness (QED) is 0.422. The maximum absolute atomic E-state index is 10.3. The maximum atomic E-state index is 10.3. The van der Waals surface area contributed by atoms with Crippen molar-refractivity contribution in [3.8, 4) is 0 Å². The molecule has 1 N–H and O–H groups in total. The first kappa shape index (κ1) is 23.8. The molecule has 1 heteroatoms. The SMILES string of the molecule is CC[C@H](CC(C)[C@@H](C)[C@H]1CC[C@H]2[C@@H]3CC=C4C[C@@H](O)CC[C@]4(C)[C@H]3CC[C@]12C)C(C)C. The molecule has 0 radical (unpaired) electrons. The smallest absolute Gasteiger partial charge is 0.0577 e. The third-order valence-electron chi connectivity index (χ3n) is 11.8. The molecule has 178 valence electrons. The molecule has 0 bridgehead atoms. The molecule has 0 heterocycles. The van der Waals surface area contributed by atoms with Gasteiger partial charge in [0.15, 0.2) is 0 Å². The van der Waals surface area contributed by atoms with Crippen LogP contribution in [-0.4, -0.2) is 11.2 Å². The monoisotopic (exact) mass is 428 g/mol. The van der Waals surface area contributed by atoms with Crippen molar-refractivity contribution >= 4 is 0 Å². The number of aliphatic hydroxyl groups excluding tert-OH is 1. The van der Waals surface area contributed by atoms with Gasteiger partial charge >= 0.3 is 0 Å². The molecule has 31 heavy (non-hydrogen) atoms. The molecule has 4 rings (SSSR count). The maximum Gasteiger partial charge on any atom is 0.0577 e. The van der Waals surface area contributed by atoms with Crippen LogP contribution in [0.4, 0.5) is 0 Å². The van der Waals surface area contributed by atoms with Crippen LogP contribution >= 0.6 is 0 Å². The lowest BCUT2D eigenvalue weighted by atomic mass is 9.46. The van der Waals surface area contributed by atoms with Crippen LogP contribution in [0.1, 0.15) is 113 Å². The number of fused-ring (bicyclic) bond motifs is 5. The van der Waals surface area contributed by atoms with Crippen LogP contribution in [0.15, 0.2) is 11.6 Å². The van der Waals surface area contributed by atoms with Gasteiger partial charge in [-0.1, -0.05) is 66.5 Å². The number of aliphatic hydroxyl groups is 1. The van der Waals surface area contributed by atoms with E-state index < -0.39 is 0 Å². The fourth-order valence-corrected chi connectivity index (χ4v) is 9.54. The van der Waals surface area contributed by atoms with Crippen LogP contribution in [0.5, 0.6) is 0 Å². The minimum absolute atomic E-state index is 0.0827. The number of allylic oxidation sites excluding steroid dienone is 1. The molecule has 4 aliphatic rings. The van der Waals surface area contributed by atoms with E-state index in [4.69, 9.17) is 0 Å². The summed E-state index contributed by atoms with van der Waals surface area (Å²) in [7, 11) is 0. The van der Waals surface area contributed by atoms with E-state index in [-0.39, 0.29) is 6.10 Å². The first-order valence-electron chi connectivity index (χ1n) is 14.0. The molecule has 1 nitrogen and oxygen atoms in total. The van der Waals surface area contributed by atoms with Crippen LogP contribution < -0.4 is 0 Å². The Morgan fingerprint density at radius 3 is 2.42 bits per heavy atom. The van der Waals surface area contributed by atoms with Crippen molar-refractivity contribution < 1.29 is 5.11 Å². The Morgan fingerprint density at radius 1 is 1.00 bits per heavy atom. The lowest BCUT2D eigenvalue weighted by Gasteiger charge is -2.58. The van der Waals surface area contributed by atoms with Gasteiger partial charge in [-0.05, 0) is 116 Å². The molecule has 0 aromatic carbocycles. The van der Waals surface area contributed by atoms with E-state index >= 15 is 0 Å². The fourth-order valence-electron chi connectivity index (χ4n) is 9.54. The highest BCUT2D eigenvalue weighted by molar-refractivity contribution is 5.25. The Labute approximate surface area is 193 Å². The summed E-state index contributed by atoms with van der Waals surface area (Å²) < 4.78 is 0. The normalized spacial score (nSPS) is 45.3. The van der Waals surface area contributed by atoms with E-state index in [0.717, 1.165) is 60.2 Å². The van der Waals surface area contributed by atoms with E-state index in [1.165, 1.54) is 51.4 Å². The molecule has 0 saturated heterocycles. The van der Waals surface area contributed by atoms with Crippen LogP contribution in [0, 0.1) is 58.2 Å². The standard InChI is InChI=1S/C30H52O/c1-8-22(19(2)3)17-20(4)21(5)26-11-12-27-25-10-9-23-18-24(31)13-15-29(23,6)28(25)14-16-30(26,27)7/h9,19-22,24-28,31H,8,10-18H2,1-7H3/t20?,21-,22-,24+,25+,26-,27+,28+,29+,30-/m1/s1. The van der Waals surface area contributed by atoms with Crippen LogP contribution in [0.3, 0.4) is 0 Å². The summed E-state index contributed by atoms with van der Waals surface area (Å²) in [6, 6.07) is 0. The summed E-state index contributed by atoms with van der Waals surface area (Å²) >= 11 is 0. The number of hydrogen-bond donors (Lipinski definition) is 1. The Balaban J connectivity index is 1.50. The van der Waals surface area contributed by atoms with Crippen molar-refractivity contribution in [2.75, 3.05) is 0 Å². The summed E-state index contributed by atoms with van der Waals surface area (Å²) in [6.45, 7) is 17.7. The Kier molecular flexibility index (Phi) is 6.78. The summed E-state index contributed by atoms with van der Waals surface area (Å²) in [5.41, 5.74) is 2.56. The van der Waals surface area contributed by atoms with Gasteiger partial charge in [0.2, 0.25) is 0 Å². The van der Waals surface area contributed by atoms with Crippen molar-refractivity contribution in [2.45, 2.75) is 119 Å². The summed E-state index contributed by atoms with van der Waals surface area (Å²) in [5.74, 6) is 7.03. The predicted octanol–water partition coefficient (Wildman–Crippen LogP) is 8.27. The lowest BCUT2D eigenvalue weighted by molar-refractivity contribution is -0.0609. The zero-order chi connectivity index (χ0) is 22.6. The molecule has 0 aromatic rings. The molecule has 4 aliphatic carbocycles. The highest BCUT2D eigenvalue weighted by atomic mass is 16.3. The van der Waals surface area contributed by atoms with Crippen molar-refractivity contribution in [1.82, 2.24) is 0 Å². The van der Waals surface area contributed by atoms with E-state index in [0.29, 0.717) is 10.8 Å². The van der Waals surface area contributed by atoms with Gasteiger partial charge < -0.3 is 5.11 Å². The van der Waals surface area contributed by atoms with Crippen molar-refractivity contribution in [3.05, 3.63) is 11.6 Å². The van der Waals surface area contributed by atoms with Gasteiger partial charge in [-0.3, -0.25) is 0 Å². The first-order chi connectivity index (χ1) is 14.6. The summed E-state index contributed by atoms with van der Waals surface area (Å²) in [5, 5.41) is 10.3. The van der Waals surface area contributed by atoms with Gasteiger partial charge in [0.25, 0.3) is 0 Å². The highest BCUT2D eigenvalue weighted by Crippen LogP contribution is 2.67. The first-order valence-corrected chi connectivity index (χ1v) is 14.0. The van der Waals surface area contributed by atoms with Crippen LogP contribution in [0.2, 0.25) is 0 Å². The zero-order valence-corrected chi connectivity index (χ0v) is 21.8. The second-order valence-electron chi connectivity index (χ2n) is 13.4. The van der Waals surface area contributed by atoms with E-state index in [9.17, 15) is 5.11 Å². The molecule has 0 aliphatic heterocycles. The molecule has 3 saturated carbocycles. The van der Waals surface area contributed by atoms with Crippen LogP contribution in [-0.2, 0) is 0 Å². The molecule has 0 aromatic heterocycles. The summed E-state index contributed by atoms with van der Waals surface area (Å²) in [4.78, 5) is 0. The molecule has 1 unspecified atom stereocenters. The van der Waals surface area contributed by atoms with Gasteiger partial charge in [-0.2, -0.15) is 0 Å². The van der Waals surface area contributed by atoms with Gasteiger partial charge in [-0.15, -0.1) is 0 Å². The van der Waals surface area contributed by atoms with Gasteiger partial charge in [0, 0.05) is 0 Å². The Bertz CT molecular complexity index is 663. The number of rotatable bonds is 6. The largest absolute Gasteiger partial charge is 0.393 e.